The molecule has 0 N–H and O–H groups in total. The van der Waals surface area contributed by atoms with Gasteiger partial charge in [0, 0.05) is 0 Å². The molecule has 0 aliphatic heterocycles. The first-order chi connectivity index (χ1) is 10.4. The number of unbranched alkanes of at least 4 members (excludes halogenated alkanes) is 1. The fourth-order valence-electron chi connectivity index (χ4n) is 2.05. The minimum atomic E-state index is -0.105. The zero-order valence-electron chi connectivity index (χ0n) is 15.0. The lowest BCUT2D eigenvalue weighted by atomic mass is 9.92. The molecule has 0 bridgehead atoms. The maximum atomic E-state index is 11.9. The van der Waals surface area contributed by atoms with Crippen LogP contribution in [0.5, 0.6) is 0 Å². The first-order valence-corrected chi connectivity index (χ1v) is 8.36. The highest BCUT2D eigenvalue weighted by atomic mass is 19.1. The molecule has 1 aromatic rings. The van der Waals surface area contributed by atoms with Gasteiger partial charge >= 0.3 is 0 Å². The van der Waals surface area contributed by atoms with Crippen molar-refractivity contribution in [3.05, 3.63) is 60.0 Å². The molecular weight excluding hydrogens is 271 g/mol. The Labute approximate surface area is 137 Å². The fourth-order valence-corrected chi connectivity index (χ4v) is 2.05. The van der Waals surface area contributed by atoms with Crippen molar-refractivity contribution in [2.75, 3.05) is 0 Å². The molecule has 0 aliphatic rings. The number of hydrogen-bond donors (Lipinski definition) is 0. The molecule has 0 saturated carbocycles. The minimum absolute atomic E-state index is 0.105. The average molecular weight is 304 g/mol. The number of hydrogen-bond acceptors (Lipinski definition) is 0. The molecule has 124 valence electrons. The van der Waals surface area contributed by atoms with Crippen LogP contribution in [0.15, 0.2) is 48.8 Å². The maximum Gasteiger partial charge on any atom is 0.0929 e. The molecule has 0 fully saturated rings. The second kappa shape index (κ2) is 12.2. The molecule has 0 aromatic heterocycles. The number of benzene rings is 1. The maximum absolute atomic E-state index is 11.9. The molecule has 0 aliphatic carbocycles. The van der Waals surface area contributed by atoms with Gasteiger partial charge in [0.2, 0.25) is 0 Å². The molecule has 0 heterocycles. The molecule has 0 amide bonds. The Morgan fingerprint density at radius 2 is 1.68 bits per heavy atom. The lowest BCUT2D eigenvalue weighted by molar-refractivity contribution is 0.517. The molecule has 1 unspecified atom stereocenters. The molecule has 0 saturated heterocycles. The Hall–Kier alpha value is -1.37. The third-order valence-electron chi connectivity index (χ3n) is 3.62. The van der Waals surface area contributed by atoms with Crippen molar-refractivity contribution < 1.29 is 4.39 Å². The number of aryl methyl sites for hydroxylation is 1. The van der Waals surface area contributed by atoms with Crippen LogP contribution in [0.1, 0.15) is 70.4 Å². The fraction of sp³-hybridized carbons (Fsp3) is 0.524. The van der Waals surface area contributed by atoms with E-state index < -0.39 is 0 Å². The molecular formula is C21H33F. The lowest BCUT2D eigenvalue weighted by Crippen LogP contribution is -1.96. The van der Waals surface area contributed by atoms with Gasteiger partial charge in [0.25, 0.3) is 0 Å². The van der Waals surface area contributed by atoms with E-state index in [1.54, 1.807) is 12.2 Å². The standard InChI is InChI=1S/C14H22.C7H11F/c1-11(2)5-8-13(4)14-9-6-12(3)7-10-14;1-3-4-5-6-7(2)8/h6-7,9-11,13H,5,8H2,1-4H3;3,6H,1,4-5H2,2H3/b;7-6-. The molecule has 1 heteroatoms. The van der Waals surface area contributed by atoms with Gasteiger partial charge in [-0.15, -0.1) is 6.58 Å². The first kappa shape index (κ1) is 20.6. The third-order valence-corrected chi connectivity index (χ3v) is 3.62. The summed E-state index contributed by atoms with van der Waals surface area (Å²) >= 11 is 0. The van der Waals surface area contributed by atoms with Gasteiger partial charge in [-0.25, -0.2) is 4.39 Å². The highest BCUT2D eigenvalue weighted by Crippen LogP contribution is 2.22. The molecule has 0 nitrogen and oxygen atoms in total. The Balaban J connectivity index is 0.000000472. The number of rotatable bonds is 7. The highest BCUT2D eigenvalue weighted by Gasteiger charge is 2.05. The first-order valence-electron chi connectivity index (χ1n) is 8.36. The van der Waals surface area contributed by atoms with Gasteiger partial charge in [-0.2, -0.15) is 0 Å². The molecule has 22 heavy (non-hydrogen) atoms. The van der Waals surface area contributed by atoms with Crippen LogP contribution in [-0.2, 0) is 0 Å². The van der Waals surface area contributed by atoms with E-state index in [2.05, 4.69) is 58.5 Å². The summed E-state index contributed by atoms with van der Waals surface area (Å²) in [6.07, 6.45) is 7.60. The Bertz CT molecular complexity index is 422. The van der Waals surface area contributed by atoms with Crippen molar-refractivity contribution >= 4 is 0 Å². The Kier molecular flexibility index (Phi) is 11.4. The smallest absolute Gasteiger partial charge is 0.0929 e. The van der Waals surface area contributed by atoms with Gasteiger partial charge < -0.3 is 0 Å². The van der Waals surface area contributed by atoms with E-state index in [1.165, 1.54) is 30.9 Å². The van der Waals surface area contributed by atoms with Crippen LogP contribution in [-0.4, -0.2) is 0 Å². The molecule has 0 spiro atoms. The van der Waals surface area contributed by atoms with Crippen LogP contribution in [0.4, 0.5) is 4.39 Å². The summed E-state index contributed by atoms with van der Waals surface area (Å²) in [5.41, 5.74) is 2.83. The molecule has 1 rings (SSSR count). The molecule has 1 aromatic carbocycles. The lowest BCUT2D eigenvalue weighted by Gasteiger charge is -2.13. The SMILES string of the molecule is C=CCC/C=C(/C)F.Cc1ccc(C(C)CCC(C)C)cc1. The van der Waals surface area contributed by atoms with Crippen LogP contribution in [0.3, 0.4) is 0 Å². The number of allylic oxidation sites excluding steroid dienone is 3. The van der Waals surface area contributed by atoms with E-state index >= 15 is 0 Å². The van der Waals surface area contributed by atoms with Gasteiger partial charge in [-0.1, -0.05) is 69.2 Å². The highest BCUT2D eigenvalue weighted by molar-refractivity contribution is 5.23. The van der Waals surface area contributed by atoms with Gasteiger partial charge in [-0.05, 0) is 50.5 Å². The quantitative estimate of drug-likeness (QED) is 0.364. The van der Waals surface area contributed by atoms with Crippen molar-refractivity contribution in [2.45, 2.75) is 66.2 Å². The van der Waals surface area contributed by atoms with Crippen molar-refractivity contribution in [1.29, 1.82) is 0 Å². The Morgan fingerprint density at radius 3 is 2.14 bits per heavy atom. The average Bonchev–Trinajstić information content (AvgIpc) is 2.46. The van der Waals surface area contributed by atoms with Crippen LogP contribution in [0, 0.1) is 12.8 Å². The van der Waals surface area contributed by atoms with E-state index in [9.17, 15) is 4.39 Å². The summed E-state index contributed by atoms with van der Waals surface area (Å²) in [6, 6.07) is 8.95. The molecule has 1 atom stereocenters. The zero-order chi connectivity index (χ0) is 17.0. The summed E-state index contributed by atoms with van der Waals surface area (Å²) < 4.78 is 11.9. The van der Waals surface area contributed by atoms with Crippen LogP contribution in [0.25, 0.3) is 0 Å². The summed E-state index contributed by atoms with van der Waals surface area (Å²) in [5, 5.41) is 0. The number of halogens is 1. The largest absolute Gasteiger partial charge is 0.212 e. The van der Waals surface area contributed by atoms with Crippen molar-refractivity contribution in [2.24, 2.45) is 5.92 Å². The van der Waals surface area contributed by atoms with Crippen molar-refractivity contribution in [3.8, 4) is 0 Å². The van der Waals surface area contributed by atoms with Crippen molar-refractivity contribution in [1.82, 2.24) is 0 Å². The van der Waals surface area contributed by atoms with Crippen LogP contribution in [0.2, 0.25) is 0 Å². The summed E-state index contributed by atoms with van der Waals surface area (Å²) in [6.45, 7) is 14.0. The minimum Gasteiger partial charge on any atom is -0.212 e. The van der Waals surface area contributed by atoms with Gasteiger partial charge in [-0.3, -0.25) is 0 Å². The summed E-state index contributed by atoms with van der Waals surface area (Å²) in [5.74, 6) is 1.42. The van der Waals surface area contributed by atoms with Gasteiger partial charge in [0.05, 0.1) is 5.83 Å². The van der Waals surface area contributed by atoms with E-state index in [0.717, 1.165) is 18.8 Å². The van der Waals surface area contributed by atoms with E-state index in [1.807, 2.05) is 0 Å². The van der Waals surface area contributed by atoms with E-state index in [0.29, 0.717) is 5.92 Å². The third kappa shape index (κ3) is 11.3. The molecule has 0 radical (unpaired) electrons. The second-order valence-corrected chi connectivity index (χ2v) is 6.44. The predicted molar refractivity (Wildman–Crippen MR) is 98.0 cm³/mol. The van der Waals surface area contributed by atoms with Gasteiger partial charge in [0.15, 0.2) is 0 Å². The second-order valence-electron chi connectivity index (χ2n) is 6.44. The summed E-state index contributed by atoms with van der Waals surface area (Å²) in [4.78, 5) is 0. The topological polar surface area (TPSA) is 0 Å². The van der Waals surface area contributed by atoms with Gasteiger partial charge in [0.1, 0.15) is 0 Å². The van der Waals surface area contributed by atoms with E-state index in [4.69, 9.17) is 0 Å². The normalized spacial score (nSPS) is 12.6. The predicted octanol–water partition coefficient (Wildman–Crippen LogP) is 7.36. The van der Waals surface area contributed by atoms with Crippen molar-refractivity contribution in [3.63, 3.8) is 0 Å². The zero-order valence-corrected chi connectivity index (χ0v) is 15.0. The van der Waals surface area contributed by atoms with E-state index in [-0.39, 0.29) is 5.83 Å². The Morgan fingerprint density at radius 1 is 1.09 bits per heavy atom. The van der Waals surface area contributed by atoms with Crippen LogP contribution < -0.4 is 0 Å². The van der Waals surface area contributed by atoms with Crippen LogP contribution >= 0.6 is 0 Å². The summed E-state index contributed by atoms with van der Waals surface area (Å²) in [7, 11) is 0. The monoisotopic (exact) mass is 304 g/mol.